The molecule has 0 aromatic carbocycles. The molecule has 2 heterocycles. The number of hydrogen-bond donors (Lipinski definition) is 1. The standard InChI is InChI=1S/C9H14N4O2/c1-7-6-10-13(11-7)8-2-4-12(5-3-8)9(14)15/h6,8H,2-5H2,1H3,(H,14,15). The molecule has 1 aromatic heterocycles. The van der Waals surface area contributed by atoms with E-state index in [1.807, 2.05) is 6.92 Å². The normalized spacial score (nSPS) is 18.1. The Kier molecular flexibility index (Phi) is 2.57. The molecule has 0 spiro atoms. The van der Waals surface area contributed by atoms with Crippen LogP contribution in [0.25, 0.3) is 0 Å². The molecule has 0 unspecified atom stereocenters. The SMILES string of the molecule is Cc1cnn(C2CCN(C(=O)O)CC2)n1. The zero-order valence-electron chi connectivity index (χ0n) is 8.63. The van der Waals surface area contributed by atoms with Crippen molar-refractivity contribution in [1.82, 2.24) is 19.9 Å². The molecule has 0 saturated carbocycles. The molecule has 6 nitrogen and oxygen atoms in total. The van der Waals surface area contributed by atoms with Gasteiger partial charge in [-0.3, -0.25) is 0 Å². The molecule has 1 amide bonds. The summed E-state index contributed by atoms with van der Waals surface area (Å²) in [5.41, 5.74) is 0.899. The highest BCUT2D eigenvalue weighted by Gasteiger charge is 2.24. The first kappa shape index (κ1) is 9.95. The Hall–Kier alpha value is -1.59. The van der Waals surface area contributed by atoms with Crippen LogP contribution >= 0.6 is 0 Å². The molecule has 0 aliphatic carbocycles. The van der Waals surface area contributed by atoms with Crippen molar-refractivity contribution in [3.8, 4) is 0 Å². The topological polar surface area (TPSA) is 71.2 Å². The van der Waals surface area contributed by atoms with Gasteiger partial charge in [-0.05, 0) is 19.8 Å². The molecule has 1 aliphatic rings. The quantitative estimate of drug-likeness (QED) is 0.747. The van der Waals surface area contributed by atoms with Gasteiger partial charge in [0, 0.05) is 13.1 Å². The molecule has 1 fully saturated rings. The van der Waals surface area contributed by atoms with E-state index < -0.39 is 6.09 Å². The second-order valence-corrected chi connectivity index (χ2v) is 3.81. The van der Waals surface area contributed by atoms with Crippen LogP contribution in [0.4, 0.5) is 4.79 Å². The first-order valence-electron chi connectivity index (χ1n) is 5.03. The number of aryl methyl sites for hydroxylation is 1. The number of likely N-dealkylation sites (tertiary alicyclic amines) is 1. The summed E-state index contributed by atoms with van der Waals surface area (Å²) in [5.74, 6) is 0. The van der Waals surface area contributed by atoms with Crippen molar-refractivity contribution in [3.05, 3.63) is 11.9 Å². The summed E-state index contributed by atoms with van der Waals surface area (Å²) in [6.45, 7) is 3.04. The molecule has 82 valence electrons. The van der Waals surface area contributed by atoms with Crippen LogP contribution in [-0.2, 0) is 0 Å². The van der Waals surface area contributed by atoms with Gasteiger partial charge in [0.2, 0.25) is 0 Å². The highest BCUT2D eigenvalue weighted by Crippen LogP contribution is 2.20. The monoisotopic (exact) mass is 210 g/mol. The number of aromatic nitrogens is 3. The summed E-state index contributed by atoms with van der Waals surface area (Å²) >= 11 is 0. The Labute approximate surface area is 87.5 Å². The van der Waals surface area contributed by atoms with Crippen molar-refractivity contribution in [2.45, 2.75) is 25.8 Å². The Morgan fingerprint density at radius 3 is 2.67 bits per heavy atom. The first-order chi connectivity index (χ1) is 7.16. The van der Waals surface area contributed by atoms with Gasteiger partial charge in [0.05, 0.1) is 17.9 Å². The second kappa shape index (κ2) is 3.88. The fraction of sp³-hybridized carbons (Fsp3) is 0.667. The summed E-state index contributed by atoms with van der Waals surface area (Å²) in [6, 6.07) is 0.245. The van der Waals surface area contributed by atoms with Crippen molar-refractivity contribution in [3.63, 3.8) is 0 Å². The molecule has 15 heavy (non-hydrogen) atoms. The number of hydrogen-bond acceptors (Lipinski definition) is 3. The predicted octanol–water partition coefficient (Wildman–Crippen LogP) is 0.901. The zero-order valence-corrected chi connectivity index (χ0v) is 8.63. The van der Waals surface area contributed by atoms with Crippen LogP contribution in [0.3, 0.4) is 0 Å². The summed E-state index contributed by atoms with van der Waals surface area (Å²) < 4.78 is 0. The molecule has 1 N–H and O–H groups in total. The van der Waals surface area contributed by atoms with Crippen LogP contribution in [0.2, 0.25) is 0 Å². The zero-order chi connectivity index (χ0) is 10.8. The molecular formula is C9H14N4O2. The maximum atomic E-state index is 10.7. The van der Waals surface area contributed by atoms with Crippen LogP contribution in [0.5, 0.6) is 0 Å². The third kappa shape index (κ3) is 2.08. The number of rotatable bonds is 1. The van der Waals surface area contributed by atoms with Crippen molar-refractivity contribution in [2.75, 3.05) is 13.1 Å². The fourth-order valence-corrected chi connectivity index (χ4v) is 1.82. The molecular weight excluding hydrogens is 196 g/mol. The van der Waals surface area contributed by atoms with Gasteiger partial charge < -0.3 is 10.0 Å². The Bertz CT molecular complexity index is 355. The van der Waals surface area contributed by atoms with E-state index in [1.165, 1.54) is 4.90 Å². The van der Waals surface area contributed by atoms with E-state index in [9.17, 15) is 4.79 Å². The second-order valence-electron chi connectivity index (χ2n) is 3.81. The van der Waals surface area contributed by atoms with Gasteiger partial charge in [0.1, 0.15) is 0 Å². The lowest BCUT2D eigenvalue weighted by Gasteiger charge is -2.29. The predicted molar refractivity (Wildman–Crippen MR) is 52.6 cm³/mol. The summed E-state index contributed by atoms with van der Waals surface area (Å²) in [6.07, 6.45) is 2.47. The summed E-state index contributed by atoms with van der Waals surface area (Å²) in [4.78, 5) is 13.8. The lowest BCUT2D eigenvalue weighted by molar-refractivity contribution is 0.121. The van der Waals surface area contributed by atoms with E-state index in [0.29, 0.717) is 13.1 Å². The van der Waals surface area contributed by atoms with Gasteiger partial charge in [-0.15, -0.1) is 0 Å². The third-order valence-corrected chi connectivity index (χ3v) is 2.68. The minimum Gasteiger partial charge on any atom is -0.465 e. The van der Waals surface area contributed by atoms with Crippen LogP contribution < -0.4 is 0 Å². The maximum Gasteiger partial charge on any atom is 0.407 e. The van der Waals surface area contributed by atoms with E-state index in [-0.39, 0.29) is 6.04 Å². The van der Waals surface area contributed by atoms with Crippen molar-refractivity contribution < 1.29 is 9.90 Å². The first-order valence-corrected chi connectivity index (χ1v) is 5.03. The number of carboxylic acid groups (broad SMARTS) is 1. The molecule has 0 bridgehead atoms. The number of amides is 1. The van der Waals surface area contributed by atoms with Crippen LogP contribution in [-0.4, -0.2) is 44.2 Å². The van der Waals surface area contributed by atoms with E-state index in [1.54, 1.807) is 11.0 Å². The summed E-state index contributed by atoms with van der Waals surface area (Å²) in [7, 11) is 0. The van der Waals surface area contributed by atoms with E-state index in [4.69, 9.17) is 5.11 Å². The Morgan fingerprint density at radius 1 is 1.53 bits per heavy atom. The Morgan fingerprint density at radius 2 is 2.20 bits per heavy atom. The van der Waals surface area contributed by atoms with Gasteiger partial charge in [-0.1, -0.05) is 0 Å². The number of nitrogens with zero attached hydrogens (tertiary/aromatic N) is 4. The van der Waals surface area contributed by atoms with Gasteiger partial charge >= 0.3 is 6.09 Å². The molecule has 0 atom stereocenters. The molecule has 2 rings (SSSR count). The maximum absolute atomic E-state index is 10.7. The minimum absolute atomic E-state index is 0.245. The van der Waals surface area contributed by atoms with Gasteiger partial charge in [0.15, 0.2) is 0 Å². The minimum atomic E-state index is -0.835. The van der Waals surface area contributed by atoms with Gasteiger partial charge in [0.25, 0.3) is 0 Å². The van der Waals surface area contributed by atoms with E-state index in [2.05, 4.69) is 10.2 Å². The number of piperidine rings is 1. The Balaban J connectivity index is 1.96. The van der Waals surface area contributed by atoms with Crippen molar-refractivity contribution in [2.24, 2.45) is 0 Å². The van der Waals surface area contributed by atoms with Crippen LogP contribution in [0.15, 0.2) is 6.20 Å². The lowest BCUT2D eigenvalue weighted by Crippen LogP contribution is -2.38. The van der Waals surface area contributed by atoms with E-state index >= 15 is 0 Å². The lowest BCUT2D eigenvalue weighted by atomic mass is 10.1. The average molecular weight is 210 g/mol. The largest absolute Gasteiger partial charge is 0.465 e. The van der Waals surface area contributed by atoms with E-state index in [0.717, 1.165) is 18.5 Å². The smallest absolute Gasteiger partial charge is 0.407 e. The molecule has 1 aliphatic heterocycles. The van der Waals surface area contributed by atoms with Crippen LogP contribution in [0.1, 0.15) is 24.6 Å². The molecule has 1 saturated heterocycles. The molecule has 0 radical (unpaired) electrons. The van der Waals surface area contributed by atoms with Crippen molar-refractivity contribution >= 4 is 6.09 Å². The number of carbonyl (C=O) groups is 1. The molecule has 1 aromatic rings. The van der Waals surface area contributed by atoms with Gasteiger partial charge in [-0.2, -0.15) is 15.0 Å². The third-order valence-electron chi connectivity index (χ3n) is 2.68. The molecule has 6 heteroatoms. The summed E-state index contributed by atoms with van der Waals surface area (Å²) in [5, 5.41) is 17.2. The average Bonchev–Trinajstić information content (AvgIpc) is 2.65. The van der Waals surface area contributed by atoms with Crippen LogP contribution in [0, 0.1) is 6.92 Å². The fourth-order valence-electron chi connectivity index (χ4n) is 1.82. The van der Waals surface area contributed by atoms with Gasteiger partial charge in [-0.25, -0.2) is 4.79 Å². The highest BCUT2D eigenvalue weighted by molar-refractivity contribution is 5.64. The highest BCUT2D eigenvalue weighted by atomic mass is 16.4. The van der Waals surface area contributed by atoms with Crippen molar-refractivity contribution in [1.29, 1.82) is 0 Å².